The molecule has 0 spiro atoms. The predicted octanol–water partition coefficient (Wildman–Crippen LogP) is 3.20. The van der Waals surface area contributed by atoms with Crippen molar-refractivity contribution in [1.29, 1.82) is 0 Å². The van der Waals surface area contributed by atoms with Crippen LogP contribution in [-0.4, -0.2) is 266 Å². The highest BCUT2D eigenvalue weighted by Gasteiger charge is 2.30. The van der Waals surface area contributed by atoms with Crippen molar-refractivity contribution in [3.63, 3.8) is 0 Å². The van der Waals surface area contributed by atoms with Gasteiger partial charge in [-0.2, -0.15) is 15.0 Å². The maximum Gasteiger partial charge on any atom is 0.326 e. The van der Waals surface area contributed by atoms with E-state index in [1.807, 2.05) is 24.3 Å². The van der Waals surface area contributed by atoms with E-state index >= 15 is 0 Å². The highest BCUT2D eigenvalue weighted by atomic mass is 16.4. The van der Waals surface area contributed by atoms with Gasteiger partial charge < -0.3 is 66.8 Å². The number of carbonyl (C=O) groups is 8. The molecule has 1 unspecified atom stereocenters. The van der Waals surface area contributed by atoms with Crippen LogP contribution in [0.5, 0.6) is 0 Å². The molecule has 29 nitrogen and oxygen atoms in total. The molecule has 4 fully saturated rings. The lowest BCUT2D eigenvalue weighted by molar-refractivity contribution is -0.143. The molecule has 1 amide bonds. The fraction of sp³-hybridized carbons (Fsp3) is 0.694. The molecule has 2 aromatic rings. The summed E-state index contributed by atoms with van der Waals surface area (Å²) in [7, 11) is 0. The van der Waals surface area contributed by atoms with E-state index in [0.717, 1.165) is 146 Å². The van der Waals surface area contributed by atoms with E-state index < -0.39 is 59.8 Å². The summed E-state index contributed by atoms with van der Waals surface area (Å²) in [4.78, 5) is 124. The Morgan fingerprint density at radius 1 is 0.505 bits per heavy atom. The van der Waals surface area contributed by atoms with Gasteiger partial charge in [0.2, 0.25) is 23.8 Å². The van der Waals surface area contributed by atoms with E-state index in [4.69, 9.17) is 20.1 Å². The Kier molecular flexibility index (Phi) is 31.1. The van der Waals surface area contributed by atoms with E-state index in [1.54, 1.807) is 19.6 Å². The minimum Gasteiger partial charge on any atom is -0.481 e. The number of carboxylic acids is 7. The van der Waals surface area contributed by atoms with Crippen LogP contribution in [0.3, 0.4) is 0 Å². The highest BCUT2D eigenvalue weighted by Crippen LogP contribution is 2.30. The molecule has 0 bridgehead atoms. The van der Waals surface area contributed by atoms with Crippen LogP contribution >= 0.6 is 0 Å². The van der Waals surface area contributed by atoms with Gasteiger partial charge in [-0.25, -0.2) is 4.79 Å². The SMILES string of the molecule is O=C(O)CC[C@H](CNC(N[C@@H](CCCCNC(=O)CCCCCCCCCCN1CCN(c2nc(Nc3ccc(CC4CN(CC(=O)O)CCN(CC(=O)O)CCN(CC(=O)O)CCN4CC(=O)O)cc3)nc(N3CCCCC3)n2)CC1)C(=O)O)=C1CC1)C(=O)O. The number of benzene rings is 1. The topological polar surface area (TPSA) is 388 Å². The van der Waals surface area contributed by atoms with Gasteiger partial charge in [-0.05, 0) is 107 Å². The Balaban J connectivity index is 0.903. The van der Waals surface area contributed by atoms with Crippen molar-refractivity contribution in [1.82, 2.24) is 55.4 Å². The first kappa shape index (κ1) is 72.6. The van der Waals surface area contributed by atoms with Crippen molar-refractivity contribution in [2.24, 2.45) is 5.92 Å². The van der Waals surface area contributed by atoms with Crippen molar-refractivity contribution < 1.29 is 74.1 Å². The molecule has 506 valence electrons. The summed E-state index contributed by atoms with van der Waals surface area (Å²) in [6, 6.07) is 6.24. The second kappa shape index (κ2) is 39.0. The number of carbonyl (C=O) groups excluding carboxylic acids is 1. The van der Waals surface area contributed by atoms with Crippen LogP contribution in [0.1, 0.15) is 128 Å². The first-order chi connectivity index (χ1) is 43.8. The minimum atomic E-state index is -1.12. The monoisotopic (exact) mass is 1280 g/mol. The third-order valence-corrected chi connectivity index (χ3v) is 17.1. The van der Waals surface area contributed by atoms with Gasteiger partial charge in [0.15, 0.2) is 0 Å². The van der Waals surface area contributed by atoms with Crippen LogP contribution in [0.15, 0.2) is 35.7 Å². The van der Waals surface area contributed by atoms with Gasteiger partial charge in [0.25, 0.3) is 0 Å². The molecule has 3 aliphatic heterocycles. The number of hydrogen-bond donors (Lipinski definition) is 11. The van der Waals surface area contributed by atoms with E-state index in [1.165, 1.54) is 0 Å². The summed E-state index contributed by atoms with van der Waals surface area (Å²) < 4.78 is 0. The first-order valence-corrected chi connectivity index (χ1v) is 32.6. The Morgan fingerprint density at radius 3 is 1.63 bits per heavy atom. The number of aliphatic carboxylic acids is 7. The molecule has 3 saturated heterocycles. The van der Waals surface area contributed by atoms with Gasteiger partial charge in [0.1, 0.15) is 6.04 Å². The Morgan fingerprint density at radius 2 is 1.05 bits per heavy atom. The molecule has 1 saturated carbocycles. The third kappa shape index (κ3) is 28.3. The fourth-order valence-electron chi connectivity index (χ4n) is 11.8. The van der Waals surface area contributed by atoms with Crippen molar-refractivity contribution in [2.45, 2.75) is 141 Å². The number of hydrogen-bond acceptors (Lipinski definition) is 21. The molecular weight excluding hydrogens is 1180 g/mol. The van der Waals surface area contributed by atoms with Gasteiger partial charge in [0.05, 0.1) is 37.9 Å². The molecule has 11 N–H and O–H groups in total. The quantitative estimate of drug-likeness (QED) is 0.0427. The zero-order chi connectivity index (χ0) is 65.5. The summed E-state index contributed by atoms with van der Waals surface area (Å²) in [5.74, 6) is -6.30. The number of piperazine rings is 1. The molecule has 4 heterocycles. The van der Waals surface area contributed by atoms with Crippen molar-refractivity contribution in [3.05, 3.63) is 41.2 Å². The molecule has 1 aromatic heterocycles. The lowest BCUT2D eigenvalue weighted by Gasteiger charge is -2.37. The summed E-state index contributed by atoms with van der Waals surface area (Å²) in [6.45, 7) is 6.52. The number of nitrogens with one attached hydrogen (secondary N) is 4. The second-order valence-electron chi connectivity index (χ2n) is 24.4. The smallest absolute Gasteiger partial charge is 0.326 e. The number of aromatic nitrogens is 3. The van der Waals surface area contributed by atoms with Gasteiger partial charge in [0, 0.05) is 123 Å². The number of amides is 1. The Hall–Kier alpha value is -7.47. The predicted molar refractivity (Wildman–Crippen MR) is 338 cm³/mol. The normalized spacial score (nSPS) is 18.2. The van der Waals surface area contributed by atoms with Gasteiger partial charge in [-0.3, -0.25) is 58.1 Å². The molecule has 1 aliphatic carbocycles. The lowest BCUT2D eigenvalue weighted by atomic mass is 10.0. The van der Waals surface area contributed by atoms with Crippen LogP contribution in [-0.2, 0) is 44.8 Å². The number of anilines is 4. The largest absolute Gasteiger partial charge is 0.481 e. The van der Waals surface area contributed by atoms with E-state index in [9.17, 15) is 69.0 Å². The standard InChI is InChI=1S/C62H98N14O15/c77-51(63-24-10-9-14-50(59(90)91)66-57(46-18-19-46)64-39-47(58(88)89)20-23-52(78)79)15-8-5-3-1-2-4-6-11-25-70-32-35-75(36-33-70)62-68-60(67-61(69-62)74-26-12-7-13-27-74)65-48-21-16-45(17-22-48)38-49-40-73(43-55(84)85)31-30-71(41-53(80)81)28-29-72(42-54(82)83)34-37-76(49)44-56(86)87/h16-17,21-22,47,49-50,64,66H,1-15,18-20,23-44H2,(H,63,77)(H,78,79)(H,80,81)(H,82,83)(H,84,85)(H,86,87)(H,88,89)(H,90,91)(H,65,67,68,69)/t47-,49?,50+/m1/s1. The molecular formula is C62H98N14O15. The van der Waals surface area contributed by atoms with Crippen LogP contribution in [0.25, 0.3) is 0 Å². The van der Waals surface area contributed by atoms with Crippen LogP contribution in [0.2, 0.25) is 0 Å². The maximum atomic E-state index is 12.5. The number of piperidine rings is 1. The van der Waals surface area contributed by atoms with Crippen LogP contribution in [0, 0.1) is 5.92 Å². The fourth-order valence-corrected chi connectivity index (χ4v) is 11.8. The number of nitrogens with zero attached hydrogens (tertiary/aromatic N) is 10. The van der Waals surface area contributed by atoms with Crippen LogP contribution < -0.4 is 31.1 Å². The molecule has 29 heteroatoms. The molecule has 91 heavy (non-hydrogen) atoms. The number of carboxylic acid groups (broad SMARTS) is 7. The summed E-state index contributed by atoms with van der Waals surface area (Å²) in [5, 5.41) is 80.0. The van der Waals surface area contributed by atoms with E-state index in [2.05, 4.69) is 36.0 Å². The number of allylic oxidation sites excluding steroid dienone is 1. The van der Waals surface area contributed by atoms with E-state index in [-0.39, 0.29) is 97.3 Å². The van der Waals surface area contributed by atoms with Crippen molar-refractivity contribution in [3.8, 4) is 0 Å². The lowest BCUT2D eigenvalue weighted by Crippen LogP contribution is -2.53. The Bertz CT molecular complexity index is 2690. The summed E-state index contributed by atoms with van der Waals surface area (Å²) in [6.07, 6.45) is 15.3. The van der Waals surface area contributed by atoms with Gasteiger partial charge in [-0.1, -0.05) is 50.7 Å². The summed E-state index contributed by atoms with van der Waals surface area (Å²) >= 11 is 0. The number of unbranched alkanes of at least 4 members (excludes halogenated alkanes) is 8. The molecule has 1 aromatic carbocycles. The zero-order valence-corrected chi connectivity index (χ0v) is 52.7. The highest BCUT2D eigenvalue weighted by molar-refractivity contribution is 5.76. The summed E-state index contributed by atoms with van der Waals surface area (Å²) in [5.41, 5.74) is 2.55. The molecule has 3 atom stereocenters. The maximum absolute atomic E-state index is 12.5. The third-order valence-electron chi connectivity index (χ3n) is 17.1. The van der Waals surface area contributed by atoms with Gasteiger partial charge >= 0.3 is 41.8 Å². The average molecular weight is 1280 g/mol. The van der Waals surface area contributed by atoms with Crippen molar-refractivity contribution >= 4 is 71.2 Å². The minimum absolute atomic E-state index is 0.0109. The first-order valence-electron chi connectivity index (χ1n) is 32.6. The van der Waals surface area contributed by atoms with Crippen molar-refractivity contribution in [2.75, 3.05) is 146 Å². The molecule has 6 rings (SSSR count). The average Bonchev–Trinajstić information content (AvgIpc) is 2.55. The Labute approximate surface area is 532 Å². The second-order valence-corrected chi connectivity index (χ2v) is 24.4. The van der Waals surface area contributed by atoms with E-state index in [0.29, 0.717) is 62.3 Å². The van der Waals surface area contributed by atoms with Gasteiger partial charge in [-0.15, -0.1) is 0 Å². The van der Waals surface area contributed by atoms with Crippen LogP contribution in [0.4, 0.5) is 23.5 Å². The molecule has 0 radical (unpaired) electrons. The molecule has 4 aliphatic rings. The zero-order valence-electron chi connectivity index (χ0n) is 52.7. The number of rotatable bonds is 40.